The van der Waals surface area contributed by atoms with E-state index in [9.17, 15) is 0 Å². The van der Waals surface area contributed by atoms with Gasteiger partial charge < -0.3 is 9.72 Å². The standard InChI is InChI=1S/C9H7BrNO/c1-12-8-5-7(10)4-6-2-3-11-9(6)8/h3-5,11H,1H3. The van der Waals surface area contributed by atoms with Gasteiger partial charge in [0, 0.05) is 22.1 Å². The molecule has 0 saturated heterocycles. The maximum Gasteiger partial charge on any atom is 0.144 e. The largest absolute Gasteiger partial charge is 0.495 e. The van der Waals surface area contributed by atoms with Gasteiger partial charge in [-0.3, -0.25) is 0 Å². The van der Waals surface area contributed by atoms with E-state index in [4.69, 9.17) is 4.74 Å². The number of aromatic nitrogens is 1. The number of aromatic amines is 1. The highest BCUT2D eigenvalue weighted by Gasteiger charge is 2.03. The predicted octanol–water partition coefficient (Wildman–Crippen LogP) is 2.74. The smallest absolute Gasteiger partial charge is 0.144 e. The van der Waals surface area contributed by atoms with E-state index in [-0.39, 0.29) is 0 Å². The molecular weight excluding hydrogens is 218 g/mol. The fraction of sp³-hybridized carbons (Fsp3) is 0.111. The summed E-state index contributed by atoms with van der Waals surface area (Å²) in [6, 6.07) is 6.99. The van der Waals surface area contributed by atoms with Crippen LogP contribution in [0.3, 0.4) is 0 Å². The van der Waals surface area contributed by atoms with E-state index in [1.54, 1.807) is 13.3 Å². The Kier molecular flexibility index (Phi) is 1.81. The van der Waals surface area contributed by atoms with Gasteiger partial charge in [0.15, 0.2) is 0 Å². The molecule has 0 spiro atoms. The third kappa shape index (κ3) is 1.10. The number of methoxy groups -OCH3 is 1. The summed E-state index contributed by atoms with van der Waals surface area (Å²) >= 11 is 3.39. The number of rotatable bonds is 1. The van der Waals surface area contributed by atoms with Crippen LogP contribution in [-0.2, 0) is 0 Å². The zero-order chi connectivity index (χ0) is 8.55. The second-order valence-corrected chi connectivity index (χ2v) is 3.38. The first-order valence-electron chi connectivity index (χ1n) is 3.53. The van der Waals surface area contributed by atoms with Crippen LogP contribution in [0.5, 0.6) is 5.75 Å². The Balaban J connectivity index is 2.80. The van der Waals surface area contributed by atoms with Gasteiger partial charge in [-0.05, 0) is 12.1 Å². The van der Waals surface area contributed by atoms with Crippen LogP contribution in [0.1, 0.15) is 0 Å². The molecule has 0 aliphatic carbocycles. The molecule has 1 aromatic heterocycles. The zero-order valence-corrected chi connectivity index (χ0v) is 8.10. The first-order valence-corrected chi connectivity index (χ1v) is 4.33. The summed E-state index contributed by atoms with van der Waals surface area (Å²) < 4.78 is 6.19. The second-order valence-electron chi connectivity index (χ2n) is 2.46. The van der Waals surface area contributed by atoms with E-state index in [0.29, 0.717) is 0 Å². The predicted molar refractivity (Wildman–Crippen MR) is 51.4 cm³/mol. The molecule has 12 heavy (non-hydrogen) atoms. The molecule has 1 heterocycles. The maximum absolute atomic E-state index is 5.19. The summed E-state index contributed by atoms with van der Waals surface area (Å²) in [5.74, 6) is 0.834. The van der Waals surface area contributed by atoms with Crippen molar-refractivity contribution in [1.29, 1.82) is 0 Å². The lowest BCUT2D eigenvalue weighted by Crippen LogP contribution is -1.83. The Labute approximate surface area is 78.7 Å². The molecule has 0 unspecified atom stereocenters. The van der Waals surface area contributed by atoms with Crippen molar-refractivity contribution in [3.8, 4) is 5.75 Å². The van der Waals surface area contributed by atoms with Crippen molar-refractivity contribution < 1.29 is 4.74 Å². The maximum atomic E-state index is 5.19. The molecule has 3 heteroatoms. The highest BCUT2D eigenvalue weighted by molar-refractivity contribution is 9.10. The molecule has 0 atom stereocenters. The van der Waals surface area contributed by atoms with Crippen molar-refractivity contribution in [2.75, 3.05) is 7.11 Å². The first kappa shape index (κ1) is 7.68. The van der Waals surface area contributed by atoms with Gasteiger partial charge in [0.2, 0.25) is 0 Å². The van der Waals surface area contributed by atoms with Crippen LogP contribution in [-0.4, -0.2) is 12.1 Å². The molecular formula is C9H7BrNO. The van der Waals surface area contributed by atoms with Gasteiger partial charge in [-0.2, -0.15) is 0 Å². The summed E-state index contributed by atoms with van der Waals surface area (Å²) in [7, 11) is 1.65. The Hall–Kier alpha value is -0.960. The average molecular weight is 225 g/mol. The van der Waals surface area contributed by atoms with Crippen LogP contribution >= 0.6 is 15.9 Å². The fourth-order valence-corrected chi connectivity index (χ4v) is 1.63. The van der Waals surface area contributed by atoms with Crippen molar-refractivity contribution >= 4 is 26.8 Å². The molecule has 0 bridgehead atoms. The van der Waals surface area contributed by atoms with Crippen molar-refractivity contribution in [3.63, 3.8) is 0 Å². The molecule has 0 amide bonds. The fourth-order valence-electron chi connectivity index (χ4n) is 1.19. The molecule has 1 N–H and O–H groups in total. The molecule has 1 radical (unpaired) electrons. The number of hydrogen-bond acceptors (Lipinski definition) is 1. The minimum Gasteiger partial charge on any atom is -0.495 e. The van der Waals surface area contributed by atoms with Crippen LogP contribution in [0, 0.1) is 6.07 Å². The SMILES string of the molecule is COc1cc(Br)cc2[c]c[nH]c12. The number of hydrogen-bond donors (Lipinski definition) is 1. The van der Waals surface area contributed by atoms with E-state index >= 15 is 0 Å². The van der Waals surface area contributed by atoms with Crippen LogP contribution in [0.15, 0.2) is 22.8 Å². The van der Waals surface area contributed by atoms with E-state index in [1.807, 2.05) is 12.1 Å². The van der Waals surface area contributed by atoms with Gasteiger partial charge in [0.1, 0.15) is 5.75 Å². The quantitative estimate of drug-likeness (QED) is 0.792. The molecule has 61 valence electrons. The Bertz CT molecular complexity index is 408. The van der Waals surface area contributed by atoms with Crippen molar-refractivity contribution in [2.45, 2.75) is 0 Å². The van der Waals surface area contributed by atoms with Gasteiger partial charge in [0.05, 0.1) is 12.6 Å². The number of nitrogens with one attached hydrogen (secondary N) is 1. The monoisotopic (exact) mass is 224 g/mol. The minimum atomic E-state index is 0.834. The summed E-state index contributed by atoms with van der Waals surface area (Å²) in [5, 5.41) is 1.03. The molecule has 0 aliphatic heterocycles. The molecule has 1 aromatic carbocycles. The molecule has 2 nitrogen and oxygen atoms in total. The minimum absolute atomic E-state index is 0.834. The van der Waals surface area contributed by atoms with E-state index in [1.165, 1.54) is 0 Å². The average Bonchev–Trinajstić information content (AvgIpc) is 2.50. The first-order chi connectivity index (χ1) is 5.81. The third-order valence-electron chi connectivity index (χ3n) is 1.73. The van der Waals surface area contributed by atoms with Crippen LogP contribution < -0.4 is 4.74 Å². The van der Waals surface area contributed by atoms with Gasteiger partial charge >= 0.3 is 0 Å². The van der Waals surface area contributed by atoms with Crippen LogP contribution in [0.4, 0.5) is 0 Å². The van der Waals surface area contributed by atoms with Crippen molar-refractivity contribution in [3.05, 3.63) is 28.9 Å². The van der Waals surface area contributed by atoms with Gasteiger partial charge in [0.25, 0.3) is 0 Å². The van der Waals surface area contributed by atoms with E-state index < -0.39 is 0 Å². The summed E-state index contributed by atoms with van der Waals surface area (Å²) in [6.45, 7) is 0. The van der Waals surface area contributed by atoms with E-state index in [2.05, 4.69) is 27.0 Å². The lowest BCUT2D eigenvalue weighted by Gasteiger charge is -2.01. The molecule has 0 fully saturated rings. The number of ether oxygens (including phenoxy) is 1. The van der Waals surface area contributed by atoms with Crippen LogP contribution in [0.25, 0.3) is 10.9 Å². The summed E-state index contributed by atoms with van der Waals surface area (Å²) in [6.07, 6.45) is 1.78. The normalized spacial score (nSPS) is 10.5. The molecule has 0 saturated carbocycles. The molecule has 2 aromatic rings. The van der Waals surface area contributed by atoms with Crippen LogP contribution in [0.2, 0.25) is 0 Å². The number of halogens is 1. The molecule has 2 rings (SSSR count). The highest BCUT2D eigenvalue weighted by Crippen LogP contribution is 2.28. The Morgan fingerprint density at radius 3 is 3.08 bits per heavy atom. The van der Waals surface area contributed by atoms with Crippen molar-refractivity contribution in [2.24, 2.45) is 0 Å². The van der Waals surface area contributed by atoms with E-state index in [0.717, 1.165) is 21.1 Å². The lowest BCUT2D eigenvalue weighted by molar-refractivity contribution is 0.419. The van der Waals surface area contributed by atoms with Gasteiger partial charge in [-0.15, -0.1) is 0 Å². The highest BCUT2D eigenvalue weighted by atomic mass is 79.9. The Morgan fingerprint density at radius 1 is 1.50 bits per heavy atom. The number of H-pyrrole nitrogens is 1. The van der Waals surface area contributed by atoms with Gasteiger partial charge in [-0.1, -0.05) is 15.9 Å². The second kappa shape index (κ2) is 2.83. The van der Waals surface area contributed by atoms with Crippen molar-refractivity contribution in [1.82, 2.24) is 4.98 Å². The van der Waals surface area contributed by atoms with Gasteiger partial charge in [-0.25, -0.2) is 0 Å². The zero-order valence-electron chi connectivity index (χ0n) is 6.52. The Morgan fingerprint density at radius 2 is 2.33 bits per heavy atom. The summed E-state index contributed by atoms with van der Waals surface area (Å²) in [5.41, 5.74) is 0.987. The number of fused-ring (bicyclic) bond motifs is 1. The lowest BCUT2D eigenvalue weighted by atomic mass is 10.2. The molecule has 0 aliphatic rings. The summed E-state index contributed by atoms with van der Waals surface area (Å²) in [4.78, 5) is 3.06. The topological polar surface area (TPSA) is 25.0 Å². The number of benzene rings is 1. The third-order valence-corrected chi connectivity index (χ3v) is 2.19.